The van der Waals surface area contributed by atoms with Crippen molar-refractivity contribution in [3.05, 3.63) is 121 Å². The average molecular weight is 461 g/mol. The predicted molar refractivity (Wildman–Crippen MR) is 149 cm³/mol. The van der Waals surface area contributed by atoms with Gasteiger partial charge in [0.2, 0.25) is 0 Å². The van der Waals surface area contributed by atoms with Gasteiger partial charge >= 0.3 is 0 Å². The van der Waals surface area contributed by atoms with E-state index in [-0.39, 0.29) is 0 Å². The molecule has 0 amide bonds. The minimum Gasteiger partial charge on any atom is -0.455 e. The lowest BCUT2D eigenvalue weighted by atomic mass is 10.0. The second kappa shape index (κ2) is 7.30. The third-order valence-electron chi connectivity index (χ3n) is 7.18. The monoisotopic (exact) mass is 460 g/mol. The zero-order valence-electron chi connectivity index (χ0n) is 19.3. The number of para-hydroxylation sites is 3. The van der Waals surface area contributed by atoms with Crippen molar-refractivity contribution >= 4 is 54.6 Å². The van der Waals surface area contributed by atoms with Gasteiger partial charge in [-0.05, 0) is 42.0 Å². The summed E-state index contributed by atoms with van der Waals surface area (Å²) in [5.41, 5.74) is 7.24. The Bertz CT molecular complexity index is 2100. The summed E-state index contributed by atoms with van der Waals surface area (Å²) in [7, 11) is 0. The molecule has 3 heteroatoms. The third-order valence-corrected chi connectivity index (χ3v) is 7.18. The standard InChI is InChI=1S/C33H20N2O/c1-2-10-21(11-3-1)26-20-22-12-4-7-15-27(22)34-33(26)35-28-16-8-5-14-25(28)31-29(35)19-18-24-23-13-6-9-17-30(23)36-32(24)31/h1-20H. The van der Waals surface area contributed by atoms with Gasteiger partial charge in [-0.3, -0.25) is 4.57 Å². The number of pyridine rings is 1. The minimum absolute atomic E-state index is 0.908. The smallest absolute Gasteiger partial charge is 0.146 e. The summed E-state index contributed by atoms with van der Waals surface area (Å²) in [5.74, 6) is 0.918. The molecule has 0 N–H and O–H groups in total. The molecule has 0 radical (unpaired) electrons. The number of benzene rings is 5. The van der Waals surface area contributed by atoms with Crippen LogP contribution in [0.4, 0.5) is 0 Å². The molecule has 0 saturated heterocycles. The molecule has 0 aliphatic rings. The lowest BCUT2D eigenvalue weighted by molar-refractivity contribution is 0.673. The van der Waals surface area contributed by atoms with Crippen LogP contribution >= 0.6 is 0 Å². The summed E-state index contributed by atoms with van der Waals surface area (Å²) in [5, 5.41) is 5.68. The summed E-state index contributed by atoms with van der Waals surface area (Å²) in [6.07, 6.45) is 0. The third kappa shape index (κ3) is 2.65. The van der Waals surface area contributed by atoms with E-state index in [1.807, 2.05) is 18.2 Å². The van der Waals surface area contributed by atoms with Gasteiger partial charge < -0.3 is 4.42 Å². The second-order valence-electron chi connectivity index (χ2n) is 9.21. The summed E-state index contributed by atoms with van der Waals surface area (Å²) >= 11 is 0. The summed E-state index contributed by atoms with van der Waals surface area (Å²) in [6, 6.07) is 42.3. The minimum atomic E-state index is 0.908. The summed E-state index contributed by atoms with van der Waals surface area (Å²) in [6.45, 7) is 0. The molecule has 0 atom stereocenters. The predicted octanol–water partition coefficient (Wildman–Crippen LogP) is 8.90. The van der Waals surface area contributed by atoms with Crippen LogP contribution in [0.2, 0.25) is 0 Å². The van der Waals surface area contributed by atoms with Crippen LogP contribution in [-0.4, -0.2) is 9.55 Å². The highest BCUT2D eigenvalue weighted by atomic mass is 16.3. The zero-order chi connectivity index (χ0) is 23.6. The van der Waals surface area contributed by atoms with Crippen molar-refractivity contribution in [3.8, 4) is 16.9 Å². The van der Waals surface area contributed by atoms with Gasteiger partial charge in [0.25, 0.3) is 0 Å². The van der Waals surface area contributed by atoms with Gasteiger partial charge in [-0.2, -0.15) is 0 Å². The largest absolute Gasteiger partial charge is 0.455 e. The molecule has 168 valence electrons. The normalized spacial score (nSPS) is 11.9. The van der Waals surface area contributed by atoms with Crippen molar-refractivity contribution < 1.29 is 4.42 Å². The van der Waals surface area contributed by atoms with Crippen molar-refractivity contribution in [2.75, 3.05) is 0 Å². The first-order valence-electron chi connectivity index (χ1n) is 12.2. The average Bonchev–Trinajstić information content (AvgIpc) is 3.48. The van der Waals surface area contributed by atoms with Crippen LogP contribution in [0.25, 0.3) is 71.6 Å². The van der Waals surface area contributed by atoms with E-state index in [0.717, 1.165) is 71.6 Å². The van der Waals surface area contributed by atoms with Crippen molar-refractivity contribution in [1.29, 1.82) is 0 Å². The van der Waals surface area contributed by atoms with E-state index in [2.05, 4.69) is 108 Å². The van der Waals surface area contributed by atoms with Crippen molar-refractivity contribution in [2.45, 2.75) is 0 Å². The first kappa shape index (κ1) is 19.4. The van der Waals surface area contributed by atoms with E-state index in [1.54, 1.807) is 0 Å². The molecule has 5 aromatic carbocycles. The van der Waals surface area contributed by atoms with Crippen LogP contribution in [0.1, 0.15) is 0 Å². The highest BCUT2D eigenvalue weighted by Crippen LogP contribution is 2.41. The van der Waals surface area contributed by atoms with E-state index in [1.165, 1.54) is 0 Å². The van der Waals surface area contributed by atoms with Gasteiger partial charge in [-0.15, -0.1) is 0 Å². The molecule has 0 fully saturated rings. The van der Waals surface area contributed by atoms with E-state index in [0.29, 0.717) is 0 Å². The summed E-state index contributed by atoms with van der Waals surface area (Å²) in [4.78, 5) is 5.25. The van der Waals surface area contributed by atoms with Crippen LogP contribution in [0.5, 0.6) is 0 Å². The number of aromatic nitrogens is 2. The van der Waals surface area contributed by atoms with Gasteiger partial charge in [-0.25, -0.2) is 4.98 Å². The van der Waals surface area contributed by atoms with Gasteiger partial charge in [-0.1, -0.05) is 84.9 Å². The molecule has 8 aromatic rings. The quantitative estimate of drug-likeness (QED) is 0.258. The lowest BCUT2D eigenvalue weighted by Crippen LogP contribution is -2.01. The molecule has 3 nitrogen and oxygen atoms in total. The number of nitrogens with zero attached hydrogens (tertiary/aromatic N) is 2. The SMILES string of the molecule is c1ccc(-c2cc3ccccc3nc2-n2c3ccccc3c3c4oc5ccccc5c4ccc32)cc1. The number of hydrogen-bond acceptors (Lipinski definition) is 2. The van der Waals surface area contributed by atoms with E-state index >= 15 is 0 Å². The van der Waals surface area contributed by atoms with Crippen molar-refractivity contribution in [1.82, 2.24) is 9.55 Å². The van der Waals surface area contributed by atoms with Crippen LogP contribution in [-0.2, 0) is 0 Å². The van der Waals surface area contributed by atoms with Crippen LogP contribution in [0.15, 0.2) is 126 Å². The van der Waals surface area contributed by atoms with Gasteiger partial charge in [0.1, 0.15) is 17.0 Å². The Balaban J connectivity index is 1.57. The van der Waals surface area contributed by atoms with Gasteiger partial charge in [0.15, 0.2) is 0 Å². The molecule has 0 aliphatic heterocycles. The highest BCUT2D eigenvalue weighted by molar-refractivity contribution is 6.24. The van der Waals surface area contributed by atoms with Crippen LogP contribution < -0.4 is 0 Å². The maximum atomic E-state index is 6.47. The molecular weight excluding hydrogens is 440 g/mol. The molecule has 0 bridgehead atoms. The summed E-state index contributed by atoms with van der Waals surface area (Å²) < 4.78 is 8.77. The Kier molecular flexibility index (Phi) is 3.94. The molecule has 8 rings (SSSR count). The molecule has 3 heterocycles. The van der Waals surface area contributed by atoms with Crippen LogP contribution in [0.3, 0.4) is 0 Å². The molecule has 0 aliphatic carbocycles. The molecule has 0 unspecified atom stereocenters. The molecule has 0 spiro atoms. The maximum absolute atomic E-state index is 6.47. The number of fused-ring (bicyclic) bond motifs is 8. The molecule has 36 heavy (non-hydrogen) atoms. The fraction of sp³-hybridized carbons (Fsp3) is 0. The number of rotatable bonds is 2. The van der Waals surface area contributed by atoms with Crippen molar-refractivity contribution in [3.63, 3.8) is 0 Å². The topological polar surface area (TPSA) is 31.0 Å². The van der Waals surface area contributed by atoms with E-state index in [4.69, 9.17) is 9.40 Å². The number of furan rings is 1. The van der Waals surface area contributed by atoms with E-state index in [9.17, 15) is 0 Å². The highest BCUT2D eigenvalue weighted by Gasteiger charge is 2.21. The first-order chi connectivity index (χ1) is 17.9. The van der Waals surface area contributed by atoms with Crippen molar-refractivity contribution in [2.24, 2.45) is 0 Å². The Labute approximate surface area is 206 Å². The maximum Gasteiger partial charge on any atom is 0.146 e. The molecule has 0 saturated carbocycles. The van der Waals surface area contributed by atoms with Crippen LogP contribution in [0, 0.1) is 0 Å². The van der Waals surface area contributed by atoms with E-state index < -0.39 is 0 Å². The molecular formula is C33H20N2O. The van der Waals surface area contributed by atoms with Gasteiger partial charge in [0.05, 0.1) is 21.9 Å². The zero-order valence-corrected chi connectivity index (χ0v) is 19.3. The lowest BCUT2D eigenvalue weighted by Gasteiger charge is -2.14. The number of hydrogen-bond donors (Lipinski definition) is 0. The Morgan fingerprint density at radius 1 is 0.583 bits per heavy atom. The van der Waals surface area contributed by atoms with Gasteiger partial charge in [0, 0.05) is 27.1 Å². The Morgan fingerprint density at radius 2 is 1.33 bits per heavy atom. The Morgan fingerprint density at radius 3 is 2.25 bits per heavy atom. The first-order valence-corrected chi connectivity index (χ1v) is 12.2. The Hall–Kier alpha value is -4.89. The second-order valence-corrected chi connectivity index (χ2v) is 9.21. The molecule has 3 aromatic heterocycles. The fourth-order valence-electron chi connectivity index (χ4n) is 5.57. The fourth-order valence-corrected chi connectivity index (χ4v) is 5.57.